The second-order valence-corrected chi connectivity index (χ2v) is 9.04. The van der Waals surface area contributed by atoms with Crippen LogP contribution < -0.4 is 10.2 Å². The van der Waals surface area contributed by atoms with E-state index in [2.05, 4.69) is 15.3 Å². The topological polar surface area (TPSA) is 91.6 Å². The molecule has 2 fully saturated rings. The van der Waals surface area contributed by atoms with E-state index in [4.69, 9.17) is 4.42 Å². The first kappa shape index (κ1) is 23.4. The van der Waals surface area contributed by atoms with E-state index in [9.17, 15) is 22.8 Å². The molecule has 1 saturated carbocycles. The number of amides is 2. The molecule has 1 saturated heterocycles. The highest BCUT2D eigenvalue weighted by atomic mass is 32.2. The van der Waals surface area contributed by atoms with Crippen LogP contribution in [0.1, 0.15) is 41.8 Å². The normalized spacial score (nSPS) is 16.7. The van der Waals surface area contributed by atoms with Gasteiger partial charge in [0.2, 0.25) is 5.91 Å². The lowest BCUT2D eigenvalue weighted by Gasteiger charge is -2.35. The molecule has 2 aromatic heterocycles. The van der Waals surface area contributed by atoms with Gasteiger partial charge in [0.15, 0.2) is 16.6 Å². The molecule has 2 aliphatic rings. The van der Waals surface area contributed by atoms with Gasteiger partial charge >= 0.3 is 6.18 Å². The highest BCUT2D eigenvalue weighted by Crippen LogP contribution is 2.33. The number of carbonyl (C=O) groups excluding carboxylic acids is 2. The van der Waals surface area contributed by atoms with E-state index in [0.717, 1.165) is 30.7 Å². The molecule has 0 bridgehead atoms. The van der Waals surface area contributed by atoms with Crippen LogP contribution in [-0.2, 0) is 16.7 Å². The summed E-state index contributed by atoms with van der Waals surface area (Å²) < 4.78 is 45.9. The molecule has 12 heteroatoms. The molecule has 0 unspecified atom stereocenters. The van der Waals surface area contributed by atoms with Gasteiger partial charge in [0.1, 0.15) is 11.6 Å². The molecule has 178 valence electrons. The van der Waals surface area contributed by atoms with Crippen molar-refractivity contribution in [2.45, 2.75) is 36.9 Å². The number of furan rings is 1. The molecule has 0 spiro atoms. The number of rotatable bonds is 7. The fourth-order valence-corrected chi connectivity index (χ4v) is 4.14. The molecule has 2 amide bonds. The summed E-state index contributed by atoms with van der Waals surface area (Å²) in [5, 5.41) is 2.77. The first-order valence-corrected chi connectivity index (χ1v) is 11.6. The fourth-order valence-electron chi connectivity index (χ4n) is 3.39. The van der Waals surface area contributed by atoms with Crippen LogP contribution in [0.4, 0.5) is 19.0 Å². The number of alkyl halides is 3. The largest absolute Gasteiger partial charge is 0.455 e. The van der Waals surface area contributed by atoms with Crippen LogP contribution in [0.15, 0.2) is 27.8 Å². The minimum absolute atomic E-state index is 0.0371. The van der Waals surface area contributed by atoms with Crippen LogP contribution in [-0.4, -0.2) is 59.4 Å². The van der Waals surface area contributed by atoms with Gasteiger partial charge in [-0.3, -0.25) is 9.59 Å². The van der Waals surface area contributed by atoms with Crippen molar-refractivity contribution in [3.63, 3.8) is 0 Å². The summed E-state index contributed by atoms with van der Waals surface area (Å²) in [5.74, 6) is 1.12. The Morgan fingerprint density at radius 3 is 2.55 bits per heavy atom. The minimum atomic E-state index is -4.62. The molecule has 33 heavy (non-hydrogen) atoms. The Morgan fingerprint density at radius 1 is 1.18 bits per heavy atom. The van der Waals surface area contributed by atoms with Crippen LogP contribution in [0.2, 0.25) is 0 Å². The zero-order chi connectivity index (χ0) is 23.6. The monoisotopic (exact) mass is 483 g/mol. The Balaban J connectivity index is 1.43. The quantitative estimate of drug-likeness (QED) is 0.478. The number of carbonyl (C=O) groups is 2. The Labute approximate surface area is 192 Å². The summed E-state index contributed by atoms with van der Waals surface area (Å²) in [6.07, 6.45) is -2.39. The van der Waals surface area contributed by atoms with Crippen LogP contribution in [0, 0.1) is 5.92 Å². The summed E-state index contributed by atoms with van der Waals surface area (Å²) in [6, 6.07) is 4.10. The van der Waals surface area contributed by atoms with E-state index in [1.54, 1.807) is 21.9 Å². The van der Waals surface area contributed by atoms with Crippen molar-refractivity contribution in [3.8, 4) is 0 Å². The SMILES string of the molecule is CC(=O)N1CCN(c2cc(C(F)(F)F)nc(SCc3ccc(C(=O)NCC4CC4)o3)n2)CC1. The third kappa shape index (κ3) is 6.18. The molecule has 2 aromatic rings. The van der Waals surface area contributed by atoms with Gasteiger partial charge in [-0.15, -0.1) is 0 Å². The Morgan fingerprint density at radius 2 is 1.91 bits per heavy atom. The number of hydrogen-bond donors (Lipinski definition) is 1. The van der Waals surface area contributed by atoms with Gasteiger partial charge in [0.25, 0.3) is 5.91 Å². The maximum atomic E-state index is 13.4. The molecule has 0 aromatic carbocycles. The number of hydrogen-bond acceptors (Lipinski definition) is 7. The molecule has 1 aliphatic heterocycles. The lowest BCUT2D eigenvalue weighted by molar-refractivity contribution is -0.141. The molecule has 3 heterocycles. The predicted octanol–water partition coefficient (Wildman–Crippen LogP) is 3.19. The van der Waals surface area contributed by atoms with Gasteiger partial charge in [0.05, 0.1) is 5.75 Å². The number of piperazine rings is 1. The smallest absolute Gasteiger partial charge is 0.433 e. The maximum Gasteiger partial charge on any atom is 0.433 e. The van der Waals surface area contributed by atoms with E-state index in [1.165, 1.54) is 6.92 Å². The van der Waals surface area contributed by atoms with E-state index in [0.29, 0.717) is 44.4 Å². The number of nitrogens with one attached hydrogen (secondary N) is 1. The second-order valence-electron chi connectivity index (χ2n) is 8.09. The van der Waals surface area contributed by atoms with Crippen molar-refractivity contribution in [2.75, 3.05) is 37.6 Å². The van der Waals surface area contributed by atoms with E-state index < -0.39 is 11.9 Å². The van der Waals surface area contributed by atoms with Crippen molar-refractivity contribution in [3.05, 3.63) is 35.4 Å². The first-order chi connectivity index (χ1) is 15.7. The van der Waals surface area contributed by atoms with Crippen LogP contribution in [0.25, 0.3) is 0 Å². The fraction of sp³-hybridized carbons (Fsp3) is 0.524. The van der Waals surface area contributed by atoms with Crippen molar-refractivity contribution in [1.29, 1.82) is 0 Å². The standard InChI is InChI=1S/C21H24F3N5O3S/c1-13(30)28-6-8-29(9-7-28)18-10-17(21(22,23)24)26-20(27-18)33-12-15-4-5-16(32-15)19(31)25-11-14-2-3-14/h4-5,10,14H,2-3,6-9,11-12H2,1H3,(H,25,31). The van der Waals surface area contributed by atoms with E-state index >= 15 is 0 Å². The average Bonchev–Trinajstić information content (AvgIpc) is 3.50. The molecule has 0 atom stereocenters. The van der Waals surface area contributed by atoms with Gasteiger partial charge in [0, 0.05) is 45.7 Å². The second kappa shape index (κ2) is 9.62. The molecular formula is C21H24F3N5O3S. The molecule has 4 rings (SSSR count). The zero-order valence-corrected chi connectivity index (χ0v) is 18.8. The summed E-state index contributed by atoms with van der Waals surface area (Å²) >= 11 is 1.00. The maximum absolute atomic E-state index is 13.4. The van der Waals surface area contributed by atoms with Crippen LogP contribution in [0.5, 0.6) is 0 Å². The van der Waals surface area contributed by atoms with Crippen molar-refractivity contribution in [1.82, 2.24) is 20.2 Å². The summed E-state index contributed by atoms with van der Waals surface area (Å²) in [5.41, 5.74) is -1.02. The summed E-state index contributed by atoms with van der Waals surface area (Å²) in [4.78, 5) is 35.0. The van der Waals surface area contributed by atoms with Crippen LogP contribution >= 0.6 is 11.8 Å². The molecule has 1 N–H and O–H groups in total. The first-order valence-electron chi connectivity index (χ1n) is 10.7. The van der Waals surface area contributed by atoms with E-state index in [1.807, 2.05) is 0 Å². The summed E-state index contributed by atoms with van der Waals surface area (Å²) in [7, 11) is 0. The highest BCUT2D eigenvalue weighted by Gasteiger charge is 2.34. The molecular weight excluding hydrogens is 459 g/mol. The summed E-state index contributed by atoms with van der Waals surface area (Å²) in [6.45, 7) is 3.69. The molecule has 8 nitrogen and oxygen atoms in total. The Hall–Kier alpha value is -2.76. The van der Waals surface area contributed by atoms with Crippen molar-refractivity contribution < 1.29 is 27.2 Å². The lowest BCUT2D eigenvalue weighted by Crippen LogP contribution is -2.48. The van der Waals surface area contributed by atoms with Crippen LogP contribution in [0.3, 0.4) is 0 Å². The number of halogens is 3. The predicted molar refractivity (Wildman–Crippen MR) is 115 cm³/mol. The number of thioether (sulfide) groups is 1. The molecule has 1 aliphatic carbocycles. The third-order valence-electron chi connectivity index (χ3n) is 5.51. The zero-order valence-electron chi connectivity index (χ0n) is 18.0. The van der Waals surface area contributed by atoms with Gasteiger partial charge < -0.3 is 19.5 Å². The van der Waals surface area contributed by atoms with E-state index in [-0.39, 0.29) is 34.3 Å². The van der Waals surface area contributed by atoms with Gasteiger partial charge in [-0.2, -0.15) is 13.2 Å². The average molecular weight is 484 g/mol. The Kier molecular flexibility index (Phi) is 6.82. The van der Waals surface area contributed by atoms with Gasteiger partial charge in [-0.1, -0.05) is 11.8 Å². The third-order valence-corrected chi connectivity index (χ3v) is 6.38. The number of anilines is 1. The minimum Gasteiger partial charge on any atom is -0.455 e. The highest BCUT2D eigenvalue weighted by molar-refractivity contribution is 7.98. The van der Waals surface area contributed by atoms with Gasteiger partial charge in [-0.25, -0.2) is 9.97 Å². The lowest BCUT2D eigenvalue weighted by atomic mass is 10.3. The number of nitrogens with zero attached hydrogens (tertiary/aromatic N) is 4. The Bertz CT molecular complexity index is 1020. The molecule has 0 radical (unpaired) electrons. The number of aromatic nitrogens is 2. The van der Waals surface area contributed by atoms with Crippen molar-refractivity contribution in [2.24, 2.45) is 5.92 Å². The van der Waals surface area contributed by atoms with Crippen molar-refractivity contribution >= 4 is 29.4 Å². The van der Waals surface area contributed by atoms with Gasteiger partial charge in [-0.05, 0) is 30.9 Å².